The van der Waals surface area contributed by atoms with Gasteiger partial charge in [0.2, 0.25) is 0 Å². The molecule has 6 fully saturated rings. The zero-order valence-electron chi connectivity index (χ0n) is 29.8. The fraction of sp³-hybridized carbons (Fsp3) is 0.878. The summed E-state index contributed by atoms with van der Waals surface area (Å²) in [6.45, 7) is 14.9. The zero-order chi connectivity index (χ0) is 31.9. The average molecular weight is 633 g/mol. The molecule has 0 radical (unpaired) electrons. The van der Waals surface area contributed by atoms with Crippen LogP contribution in [0, 0.1) is 63.6 Å². The van der Waals surface area contributed by atoms with E-state index in [1.165, 1.54) is 83.3 Å². The summed E-state index contributed by atoms with van der Waals surface area (Å²) in [7, 11) is 1.53. The number of rotatable bonds is 8. The van der Waals surface area contributed by atoms with Gasteiger partial charge in [-0.25, -0.2) is 0 Å². The molecule has 0 aromatic heterocycles. The van der Waals surface area contributed by atoms with Crippen molar-refractivity contribution in [2.24, 2.45) is 63.6 Å². The second-order valence-corrected chi connectivity index (χ2v) is 18.6. The molecule has 46 heavy (non-hydrogen) atoms. The van der Waals surface area contributed by atoms with Crippen LogP contribution in [0.5, 0.6) is 0 Å². The number of ether oxygens (including phenoxy) is 2. The highest BCUT2D eigenvalue weighted by molar-refractivity contribution is 5.73. The summed E-state index contributed by atoms with van der Waals surface area (Å²) < 4.78 is 11.1. The number of allylic oxidation sites excluding steroid dienone is 4. The van der Waals surface area contributed by atoms with E-state index in [2.05, 4.69) is 50.5 Å². The Balaban J connectivity index is 0.944. The second-order valence-electron chi connectivity index (χ2n) is 18.6. The highest BCUT2D eigenvalue weighted by Crippen LogP contribution is 2.72. The minimum atomic E-state index is -0.0339. The molecule has 2 N–H and O–H groups in total. The van der Waals surface area contributed by atoms with Crippen molar-refractivity contribution < 1.29 is 14.3 Å². The summed E-state index contributed by atoms with van der Waals surface area (Å²) >= 11 is 0. The first kappa shape index (κ1) is 32.1. The zero-order valence-corrected chi connectivity index (χ0v) is 29.8. The maximum atomic E-state index is 12.2. The van der Waals surface area contributed by atoms with Crippen LogP contribution >= 0.6 is 0 Å². The Morgan fingerprint density at radius 1 is 0.913 bits per heavy atom. The predicted octanol–water partition coefficient (Wildman–Crippen LogP) is 7.85. The maximum Gasteiger partial charge on any atom is 0.308 e. The number of fused-ring (bicyclic) bond motifs is 8. The quantitative estimate of drug-likeness (QED) is 0.211. The first-order valence-corrected chi connectivity index (χ1v) is 19.7. The molecule has 7 aliphatic carbocycles. The van der Waals surface area contributed by atoms with Crippen LogP contribution in [0.4, 0.5) is 0 Å². The SMILES string of the molecule is COC(=O)C1CC=C(C2=CCC3(C)C(CCC4(C)C5CCC6(NCCNCC7OCC8CC87)CCC[C@@H]6C5CCC43)C2(C)C)CC1. The number of esters is 1. The minimum absolute atomic E-state index is 0.0339. The van der Waals surface area contributed by atoms with Gasteiger partial charge in [-0.3, -0.25) is 4.79 Å². The van der Waals surface area contributed by atoms with E-state index in [0.717, 1.165) is 86.9 Å². The van der Waals surface area contributed by atoms with Gasteiger partial charge in [0, 0.05) is 25.2 Å². The fourth-order valence-electron chi connectivity index (χ4n) is 14.3. The van der Waals surface area contributed by atoms with Gasteiger partial charge < -0.3 is 20.1 Å². The number of nitrogens with one attached hydrogen (secondary N) is 2. The van der Waals surface area contributed by atoms with Gasteiger partial charge in [-0.15, -0.1) is 0 Å². The molecule has 0 spiro atoms. The van der Waals surface area contributed by atoms with E-state index in [9.17, 15) is 4.79 Å². The number of methoxy groups -OCH3 is 1. The van der Waals surface area contributed by atoms with Gasteiger partial charge in [-0.2, -0.15) is 0 Å². The van der Waals surface area contributed by atoms with E-state index in [1.54, 1.807) is 5.57 Å². The Morgan fingerprint density at radius 3 is 2.52 bits per heavy atom. The third-order valence-corrected chi connectivity index (χ3v) is 16.5. The molecule has 8 rings (SSSR count). The van der Waals surface area contributed by atoms with Crippen molar-refractivity contribution in [3.63, 3.8) is 0 Å². The molecule has 8 aliphatic rings. The van der Waals surface area contributed by atoms with Crippen LogP contribution in [0.2, 0.25) is 0 Å². The molecular formula is C41H64N2O3. The molecule has 1 heterocycles. The smallest absolute Gasteiger partial charge is 0.308 e. The molecule has 0 aromatic rings. The van der Waals surface area contributed by atoms with Crippen molar-refractivity contribution in [3.8, 4) is 0 Å². The van der Waals surface area contributed by atoms with Gasteiger partial charge in [0.25, 0.3) is 0 Å². The van der Waals surface area contributed by atoms with Crippen molar-refractivity contribution in [3.05, 3.63) is 23.3 Å². The predicted molar refractivity (Wildman–Crippen MR) is 184 cm³/mol. The average Bonchev–Trinajstić information content (AvgIpc) is 3.51. The van der Waals surface area contributed by atoms with Crippen LogP contribution in [-0.2, 0) is 14.3 Å². The van der Waals surface area contributed by atoms with Gasteiger partial charge in [0.05, 0.1) is 25.7 Å². The van der Waals surface area contributed by atoms with Crippen LogP contribution in [0.15, 0.2) is 23.3 Å². The van der Waals surface area contributed by atoms with Crippen LogP contribution in [-0.4, -0.2) is 51.0 Å². The van der Waals surface area contributed by atoms with Crippen LogP contribution < -0.4 is 10.6 Å². The summed E-state index contributed by atoms with van der Waals surface area (Å²) in [5.41, 5.74) is 4.57. The van der Waals surface area contributed by atoms with Gasteiger partial charge in [-0.1, -0.05) is 46.3 Å². The minimum Gasteiger partial charge on any atom is -0.469 e. The van der Waals surface area contributed by atoms with Crippen LogP contribution in [0.1, 0.15) is 118 Å². The lowest BCUT2D eigenvalue weighted by molar-refractivity contribution is -0.175. The summed E-state index contributed by atoms with van der Waals surface area (Å²) in [4.78, 5) is 12.2. The molecule has 0 bridgehead atoms. The number of carbonyl (C=O) groups excluding carboxylic acids is 1. The normalized spacial score (nSPS) is 48.6. The maximum absolute atomic E-state index is 12.2. The van der Waals surface area contributed by atoms with Crippen molar-refractivity contribution in [1.29, 1.82) is 0 Å². The van der Waals surface area contributed by atoms with E-state index in [-0.39, 0.29) is 17.3 Å². The van der Waals surface area contributed by atoms with E-state index in [4.69, 9.17) is 9.47 Å². The van der Waals surface area contributed by atoms with Crippen LogP contribution in [0.3, 0.4) is 0 Å². The largest absolute Gasteiger partial charge is 0.469 e. The highest BCUT2D eigenvalue weighted by Gasteiger charge is 2.65. The monoisotopic (exact) mass is 632 g/mol. The summed E-state index contributed by atoms with van der Waals surface area (Å²) in [5.74, 6) is 6.00. The Labute approximate surface area is 279 Å². The number of hydrogen-bond acceptors (Lipinski definition) is 5. The third kappa shape index (κ3) is 4.97. The molecule has 5 nitrogen and oxygen atoms in total. The lowest BCUT2D eigenvalue weighted by Gasteiger charge is -2.68. The fourth-order valence-corrected chi connectivity index (χ4v) is 14.3. The highest BCUT2D eigenvalue weighted by atomic mass is 16.5. The van der Waals surface area contributed by atoms with Crippen molar-refractivity contribution in [2.75, 3.05) is 33.4 Å². The van der Waals surface area contributed by atoms with Crippen molar-refractivity contribution in [2.45, 2.75) is 129 Å². The molecule has 0 aromatic carbocycles. The Hall–Kier alpha value is -1.17. The molecule has 5 heteroatoms. The van der Waals surface area contributed by atoms with Gasteiger partial charge in [-0.05, 0) is 152 Å². The topological polar surface area (TPSA) is 59.6 Å². The first-order chi connectivity index (χ1) is 22.1. The summed E-state index contributed by atoms with van der Waals surface area (Å²) in [5, 5.41) is 7.99. The molecule has 11 unspecified atom stereocenters. The van der Waals surface area contributed by atoms with Crippen molar-refractivity contribution >= 4 is 5.97 Å². The van der Waals surface area contributed by atoms with Gasteiger partial charge >= 0.3 is 5.97 Å². The lowest BCUT2D eigenvalue weighted by Crippen LogP contribution is -2.63. The first-order valence-electron chi connectivity index (χ1n) is 19.7. The number of hydrogen-bond donors (Lipinski definition) is 2. The second kappa shape index (κ2) is 11.7. The summed E-state index contributed by atoms with van der Waals surface area (Å²) in [6.07, 6.45) is 23.8. The summed E-state index contributed by atoms with van der Waals surface area (Å²) in [6, 6.07) is 0. The number of carbonyl (C=O) groups is 1. The Bertz CT molecular complexity index is 1260. The van der Waals surface area contributed by atoms with E-state index >= 15 is 0 Å². The van der Waals surface area contributed by atoms with E-state index in [0.29, 0.717) is 22.5 Å². The molecule has 256 valence electrons. The van der Waals surface area contributed by atoms with Crippen LogP contribution in [0.25, 0.3) is 0 Å². The van der Waals surface area contributed by atoms with Gasteiger partial charge in [0.1, 0.15) is 0 Å². The van der Waals surface area contributed by atoms with Crippen molar-refractivity contribution in [1.82, 2.24) is 10.6 Å². The van der Waals surface area contributed by atoms with Gasteiger partial charge in [0.15, 0.2) is 0 Å². The molecule has 5 saturated carbocycles. The third-order valence-electron chi connectivity index (χ3n) is 16.5. The lowest BCUT2D eigenvalue weighted by atomic mass is 9.37. The Morgan fingerprint density at radius 2 is 1.78 bits per heavy atom. The molecule has 0 amide bonds. The molecule has 12 atom stereocenters. The Kier molecular flexibility index (Phi) is 8.17. The van der Waals surface area contributed by atoms with E-state index < -0.39 is 0 Å². The molecule has 1 aliphatic heterocycles. The standard InChI is InChI=1S/C41H64N2O3/c1-38(2)31(26-8-10-27(11-9-26)37(44)45-5)14-18-40(4)35(38)16-19-39(3)32-15-20-41(17-6-7-33(41)29(32)12-13-36(39)40)43-22-21-42-24-34-30-23-28(30)25-46-34/h8,14,27-30,32-36,42-43H,6-7,9-13,15-25H2,1-5H3/t27?,28?,29?,30?,32?,33-,34?,35?,36?,39?,40?,41?/m1/s1. The molecule has 1 saturated heterocycles. The molecular weight excluding hydrogens is 568 g/mol. The van der Waals surface area contributed by atoms with E-state index in [1.807, 2.05) is 0 Å².